The van der Waals surface area contributed by atoms with Crippen LogP contribution in [0.2, 0.25) is 0 Å². The summed E-state index contributed by atoms with van der Waals surface area (Å²) in [6, 6.07) is 15.5. The van der Waals surface area contributed by atoms with Gasteiger partial charge in [-0.3, -0.25) is 10.9 Å². The highest BCUT2D eigenvalue weighted by Crippen LogP contribution is 2.15. The Balaban J connectivity index is 1.45. The van der Waals surface area contributed by atoms with Gasteiger partial charge in [0.1, 0.15) is 11.5 Å². The minimum Gasteiger partial charge on any atom is -0.494 e. The zero-order valence-corrected chi connectivity index (χ0v) is 22.2. The van der Waals surface area contributed by atoms with Crippen LogP contribution in [0.15, 0.2) is 58.7 Å². The van der Waals surface area contributed by atoms with Gasteiger partial charge in [0.15, 0.2) is 10.2 Å². The first-order valence-electron chi connectivity index (χ1n) is 12.2. The van der Waals surface area contributed by atoms with Crippen LogP contribution in [0.25, 0.3) is 0 Å². The highest BCUT2D eigenvalue weighted by atomic mass is 32.1. The summed E-state index contributed by atoms with van der Waals surface area (Å²) in [4.78, 5) is 0. The van der Waals surface area contributed by atoms with E-state index in [1.165, 1.54) is 38.5 Å². The van der Waals surface area contributed by atoms with Gasteiger partial charge in [0, 0.05) is 0 Å². The quantitative estimate of drug-likeness (QED) is 0.102. The van der Waals surface area contributed by atoms with E-state index in [9.17, 15) is 0 Å². The molecule has 36 heavy (non-hydrogen) atoms. The summed E-state index contributed by atoms with van der Waals surface area (Å²) in [5, 5.41) is 8.19. The number of benzene rings is 2. The van der Waals surface area contributed by atoms with Crippen LogP contribution in [0.4, 0.5) is 0 Å². The Morgan fingerprint density at radius 1 is 0.667 bits per heavy atom. The Bertz CT molecular complexity index is 920. The first-order chi connectivity index (χ1) is 17.5. The van der Waals surface area contributed by atoms with Gasteiger partial charge in [-0.25, -0.2) is 0 Å². The van der Waals surface area contributed by atoms with E-state index in [2.05, 4.69) is 21.1 Å². The molecular weight excluding hydrogens is 492 g/mol. The molecule has 0 aromatic heterocycles. The third kappa shape index (κ3) is 14.2. The van der Waals surface area contributed by atoms with Crippen molar-refractivity contribution in [2.75, 3.05) is 13.2 Å². The van der Waals surface area contributed by atoms with E-state index in [0.29, 0.717) is 13.2 Å². The van der Waals surface area contributed by atoms with Gasteiger partial charge in [-0.15, -0.1) is 0 Å². The number of thiocarbonyl (C=S) groups is 2. The van der Waals surface area contributed by atoms with E-state index < -0.39 is 0 Å². The summed E-state index contributed by atoms with van der Waals surface area (Å²) < 4.78 is 11.7. The fourth-order valence-electron chi connectivity index (χ4n) is 3.35. The molecule has 0 spiro atoms. The Hall–Kier alpha value is -3.24. The monoisotopic (exact) mass is 528 g/mol. The van der Waals surface area contributed by atoms with Gasteiger partial charge >= 0.3 is 0 Å². The second-order valence-corrected chi connectivity index (χ2v) is 9.02. The van der Waals surface area contributed by atoms with Crippen molar-refractivity contribution in [1.29, 1.82) is 0 Å². The molecule has 0 bridgehead atoms. The van der Waals surface area contributed by atoms with Crippen molar-refractivity contribution in [3.05, 3.63) is 59.7 Å². The molecule has 6 N–H and O–H groups in total. The van der Waals surface area contributed by atoms with Crippen molar-refractivity contribution in [1.82, 2.24) is 10.9 Å². The summed E-state index contributed by atoms with van der Waals surface area (Å²) in [7, 11) is 0. The van der Waals surface area contributed by atoms with Crippen molar-refractivity contribution < 1.29 is 9.47 Å². The predicted molar refractivity (Wildman–Crippen MR) is 156 cm³/mol. The Labute approximate surface area is 224 Å². The average Bonchev–Trinajstić information content (AvgIpc) is 2.85. The van der Waals surface area contributed by atoms with Crippen LogP contribution >= 0.6 is 24.4 Å². The second-order valence-electron chi connectivity index (χ2n) is 8.14. The number of rotatable bonds is 17. The van der Waals surface area contributed by atoms with E-state index in [1.807, 2.05) is 48.5 Å². The third-order valence-corrected chi connectivity index (χ3v) is 5.25. The standard InChI is InChI=1S/C26H36N6O2S2/c27-25(35)31-29-19-21-11-9-13-23(17-21)33-15-7-5-3-1-2-4-6-8-16-34-24-14-10-12-22(18-24)20-30-32-26(28)36/h9-14,17-20H,1-8,15-16H2,(H3,27,31,35)(H3,28,32,36)/b29-19+,30-20+. The lowest BCUT2D eigenvalue weighted by atomic mass is 10.1. The van der Waals surface area contributed by atoms with Crippen LogP contribution in [0.3, 0.4) is 0 Å². The number of nitrogens with zero attached hydrogens (tertiary/aromatic N) is 2. The molecule has 0 fully saturated rings. The van der Waals surface area contributed by atoms with Gasteiger partial charge in [0.25, 0.3) is 0 Å². The van der Waals surface area contributed by atoms with Crippen molar-refractivity contribution in [2.24, 2.45) is 21.7 Å². The Kier molecular flexibility index (Phi) is 14.6. The fraction of sp³-hybridized carbons (Fsp3) is 0.385. The van der Waals surface area contributed by atoms with Crippen molar-refractivity contribution in [2.45, 2.75) is 51.4 Å². The van der Waals surface area contributed by atoms with E-state index >= 15 is 0 Å². The lowest BCUT2D eigenvalue weighted by Gasteiger charge is -2.08. The average molecular weight is 529 g/mol. The van der Waals surface area contributed by atoms with Crippen molar-refractivity contribution in [3.63, 3.8) is 0 Å². The number of nitrogens with two attached hydrogens (primary N) is 2. The zero-order chi connectivity index (χ0) is 25.8. The Morgan fingerprint density at radius 3 is 1.44 bits per heavy atom. The van der Waals surface area contributed by atoms with Gasteiger partial charge in [-0.05, 0) is 72.7 Å². The highest BCUT2D eigenvalue weighted by molar-refractivity contribution is 7.80. The summed E-state index contributed by atoms with van der Waals surface area (Å²) in [6.45, 7) is 1.43. The molecule has 0 unspecified atom stereocenters. The molecule has 0 saturated carbocycles. The van der Waals surface area contributed by atoms with Crippen molar-refractivity contribution >= 4 is 47.1 Å². The van der Waals surface area contributed by atoms with Crippen LogP contribution in [-0.4, -0.2) is 35.9 Å². The van der Waals surface area contributed by atoms with Gasteiger partial charge in [0.05, 0.1) is 25.6 Å². The number of nitrogens with one attached hydrogen (secondary N) is 2. The van der Waals surface area contributed by atoms with Crippen LogP contribution in [-0.2, 0) is 0 Å². The van der Waals surface area contributed by atoms with Crippen LogP contribution < -0.4 is 31.8 Å². The topological polar surface area (TPSA) is 119 Å². The van der Waals surface area contributed by atoms with Gasteiger partial charge < -0.3 is 20.9 Å². The van der Waals surface area contributed by atoms with Crippen LogP contribution in [0.1, 0.15) is 62.5 Å². The molecule has 10 heteroatoms. The molecule has 194 valence electrons. The molecule has 8 nitrogen and oxygen atoms in total. The molecule has 0 aliphatic carbocycles. The maximum atomic E-state index is 5.85. The summed E-state index contributed by atoms with van der Waals surface area (Å²) in [5.41, 5.74) is 17.6. The summed E-state index contributed by atoms with van der Waals surface area (Å²) in [5.74, 6) is 1.68. The fourth-order valence-corrected chi connectivity index (χ4v) is 3.46. The molecule has 2 aromatic rings. The second kappa shape index (κ2) is 18.1. The number of hydrogen-bond acceptors (Lipinski definition) is 6. The van der Waals surface area contributed by atoms with Crippen LogP contribution in [0.5, 0.6) is 11.5 Å². The van der Waals surface area contributed by atoms with E-state index in [4.69, 9.17) is 45.4 Å². The predicted octanol–water partition coefficient (Wildman–Crippen LogP) is 4.60. The molecule has 2 rings (SSSR count). The van der Waals surface area contributed by atoms with E-state index in [-0.39, 0.29) is 10.2 Å². The zero-order valence-electron chi connectivity index (χ0n) is 20.5. The Morgan fingerprint density at radius 2 is 1.06 bits per heavy atom. The van der Waals surface area contributed by atoms with E-state index in [1.54, 1.807) is 12.4 Å². The molecule has 2 aromatic carbocycles. The molecule has 0 atom stereocenters. The number of hydrazone groups is 2. The molecule has 0 radical (unpaired) electrons. The highest BCUT2D eigenvalue weighted by Gasteiger charge is 1.98. The number of unbranched alkanes of at least 4 members (excludes halogenated alkanes) is 7. The minimum absolute atomic E-state index is 0.139. The van der Waals surface area contributed by atoms with Gasteiger partial charge in [-0.1, -0.05) is 62.8 Å². The SMILES string of the molecule is NC(=S)N/N=C/c1cccc(OCCCCCCCCCCOc2cccc(/C=N/NC(N)=S)c2)c1. The van der Waals surface area contributed by atoms with Gasteiger partial charge in [0.2, 0.25) is 0 Å². The molecule has 0 amide bonds. The van der Waals surface area contributed by atoms with Gasteiger partial charge in [-0.2, -0.15) is 10.2 Å². The normalized spacial score (nSPS) is 11.0. The first kappa shape index (κ1) is 29.0. The van der Waals surface area contributed by atoms with Crippen molar-refractivity contribution in [3.8, 4) is 11.5 Å². The molecule has 0 heterocycles. The number of hydrogen-bond donors (Lipinski definition) is 4. The van der Waals surface area contributed by atoms with Crippen LogP contribution in [0, 0.1) is 0 Å². The first-order valence-corrected chi connectivity index (χ1v) is 13.0. The van der Waals surface area contributed by atoms with E-state index in [0.717, 1.165) is 35.5 Å². The molecule has 0 saturated heterocycles. The molecular formula is C26H36N6O2S2. The summed E-state index contributed by atoms with van der Waals surface area (Å²) in [6.07, 6.45) is 12.7. The molecule has 0 aliphatic rings. The minimum atomic E-state index is 0.139. The summed E-state index contributed by atoms with van der Waals surface area (Å²) >= 11 is 9.44. The maximum Gasteiger partial charge on any atom is 0.184 e. The smallest absolute Gasteiger partial charge is 0.184 e. The largest absolute Gasteiger partial charge is 0.494 e. The molecule has 0 aliphatic heterocycles. The lowest BCUT2D eigenvalue weighted by molar-refractivity contribution is 0.301. The lowest BCUT2D eigenvalue weighted by Crippen LogP contribution is -2.23. The maximum absolute atomic E-state index is 5.85. The number of ether oxygens (including phenoxy) is 2. The third-order valence-electron chi connectivity index (χ3n) is 5.07.